The van der Waals surface area contributed by atoms with Crippen LogP contribution in [-0.4, -0.2) is 49.6 Å². The first kappa shape index (κ1) is 19.0. The number of ether oxygens (including phenoxy) is 1. The molecule has 0 unspecified atom stereocenters. The highest BCUT2D eigenvalue weighted by atomic mass is 32.2. The summed E-state index contributed by atoms with van der Waals surface area (Å²) in [5, 5.41) is 17.3. The van der Waals surface area contributed by atoms with E-state index in [4.69, 9.17) is 4.74 Å². The number of thiazole rings is 1. The lowest BCUT2D eigenvalue weighted by atomic mass is 10.2. The number of tetrazole rings is 1. The van der Waals surface area contributed by atoms with Gasteiger partial charge < -0.3 is 10.1 Å². The normalized spacial score (nSPS) is 16.4. The average molecular weight is 420 g/mol. The smallest absolute Gasteiger partial charge is 0.236 e. The molecule has 1 amide bonds. The van der Waals surface area contributed by atoms with Gasteiger partial charge in [-0.1, -0.05) is 11.8 Å². The number of aromatic nitrogens is 5. The van der Waals surface area contributed by atoms with Crippen LogP contribution in [0.1, 0.15) is 12.8 Å². The number of hydrogen-bond donors (Lipinski definition) is 1. The summed E-state index contributed by atoms with van der Waals surface area (Å²) < 4.78 is 20.3. The number of benzene rings is 1. The van der Waals surface area contributed by atoms with Gasteiger partial charge in [-0.15, -0.1) is 16.4 Å². The minimum Gasteiger partial charge on any atom is -0.376 e. The van der Waals surface area contributed by atoms with Crippen molar-refractivity contribution in [3.63, 3.8) is 0 Å². The van der Waals surface area contributed by atoms with E-state index in [2.05, 4.69) is 25.8 Å². The first-order valence-electron chi connectivity index (χ1n) is 8.69. The Hall–Kier alpha value is -2.37. The summed E-state index contributed by atoms with van der Waals surface area (Å²) in [5.41, 5.74) is 1.48. The van der Waals surface area contributed by atoms with Crippen molar-refractivity contribution in [3.8, 4) is 11.3 Å². The molecule has 1 aliphatic rings. The second-order valence-corrected chi connectivity index (χ2v) is 7.96. The molecule has 3 heterocycles. The van der Waals surface area contributed by atoms with Gasteiger partial charge in [0.2, 0.25) is 11.1 Å². The van der Waals surface area contributed by atoms with Crippen LogP contribution in [0.5, 0.6) is 0 Å². The molecule has 0 radical (unpaired) electrons. The molecule has 0 spiro atoms. The summed E-state index contributed by atoms with van der Waals surface area (Å²) in [5.74, 6) is -0.333. The lowest BCUT2D eigenvalue weighted by molar-refractivity contribution is -0.113. The Morgan fingerprint density at radius 3 is 3.04 bits per heavy atom. The van der Waals surface area contributed by atoms with Crippen LogP contribution in [0.25, 0.3) is 11.3 Å². The zero-order valence-electron chi connectivity index (χ0n) is 14.7. The molecule has 1 aliphatic heterocycles. The lowest BCUT2D eigenvalue weighted by Crippen LogP contribution is -2.18. The monoisotopic (exact) mass is 420 g/mol. The van der Waals surface area contributed by atoms with Crippen LogP contribution in [0, 0.1) is 5.82 Å². The highest BCUT2D eigenvalue weighted by molar-refractivity contribution is 7.99. The Labute approximate surface area is 168 Å². The number of rotatable bonds is 7. The van der Waals surface area contributed by atoms with Gasteiger partial charge in [0.1, 0.15) is 5.82 Å². The van der Waals surface area contributed by atoms with Gasteiger partial charge in [0.15, 0.2) is 5.13 Å². The summed E-state index contributed by atoms with van der Waals surface area (Å²) in [6, 6.07) is 6.06. The van der Waals surface area contributed by atoms with E-state index in [0.717, 1.165) is 25.0 Å². The van der Waals surface area contributed by atoms with Crippen molar-refractivity contribution >= 4 is 34.1 Å². The highest BCUT2D eigenvalue weighted by Gasteiger charge is 2.19. The minimum atomic E-state index is -0.300. The van der Waals surface area contributed by atoms with Crippen molar-refractivity contribution in [1.29, 1.82) is 0 Å². The Morgan fingerprint density at radius 1 is 1.39 bits per heavy atom. The Balaban J connectivity index is 1.30. The third-order valence-corrected chi connectivity index (χ3v) is 5.84. The zero-order chi connectivity index (χ0) is 19.3. The van der Waals surface area contributed by atoms with Crippen molar-refractivity contribution in [3.05, 3.63) is 35.5 Å². The summed E-state index contributed by atoms with van der Waals surface area (Å²) in [6.45, 7) is 1.36. The molecule has 11 heteroatoms. The predicted molar refractivity (Wildman–Crippen MR) is 104 cm³/mol. The fourth-order valence-corrected chi connectivity index (χ4v) is 4.19. The van der Waals surface area contributed by atoms with E-state index < -0.39 is 0 Å². The third-order valence-electron chi connectivity index (χ3n) is 4.12. The molecular formula is C17H17FN6O2S2. The van der Waals surface area contributed by atoms with Crippen LogP contribution in [-0.2, 0) is 16.1 Å². The van der Waals surface area contributed by atoms with Crippen LogP contribution >= 0.6 is 23.1 Å². The van der Waals surface area contributed by atoms with Gasteiger partial charge in [0.25, 0.3) is 0 Å². The van der Waals surface area contributed by atoms with E-state index in [9.17, 15) is 9.18 Å². The van der Waals surface area contributed by atoms with E-state index in [1.165, 1.54) is 35.2 Å². The number of hydrogen-bond acceptors (Lipinski definition) is 8. The summed E-state index contributed by atoms with van der Waals surface area (Å²) >= 11 is 2.58. The predicted octanol–water partition coefficient (Wildman–Crippen LogP) is 2.85. The third kappa shape index (κ3) is 4.72. The topological polar surface area (TPSA) is 94.8 Å². The number of carbonyl (C=O) groups excluding carboxylic acids is 1. The molecule has 146 valence electrons. The molecule has 2 aromatic heterocycles. The maximum atomic E-state index is 13.0. The standard InChI is InChI=1S/C17H17FN6O2S2/c18-12-5-3-11(4-6-12)14-9-27-16(19-14)20-15(25)10-28-17-21-22-23-24(17)8-13-2-1-7-26-13/h3-6,9,13H,1-2,7-8,10H2,(H,19,20,25)/t13-/m0/s1. The van der Waals surface area contributed by atoms with Gasteiger partial charge in [0.05, 0.1) is 24.1 Å². The van der Waals surface area contributed by atoms with Gasteiger partial charge in [0, 0.05) is 17.6 Å². The SMILES string of the molecule is O=C(CSc1nnnn1C[C@@H]1CCCO1)Nc1nc(-c2ccc(F)cc2)cs1. The largest absolute Gasteiger partial charge is 0.376 e. The summed E-state index contributed by atoms with van der Waals surface area (Å²) in [6.07, 6.45) is 2.16. The number of amides is 1. The lowest BCUT2D eigenvalue weighted by Gasteiger charge is -2.09. The number of halogens is 1. The molecule has 1 atom stereocenters. The Kier molecular flexibility index (Phi) is 5.93. The number of nitrogens with one attached hydrogen (secondary N) is 1. The van der Waals surface area contributed by atoms with E-state index in [0.29, 0.717) is 22.5 Å². The molecule has 3 aromatic rings. The van der Waals surface area contributed by atoms with Crippen LogP contribution in [0.15, 0.2) is 34.8 Å². The van der Waals surface area contributed by atoms with Crippen LogP contribution in [0.4, 0.5) is 9.52 Å². The Morgan fingerprint density at radius 2 is 2.25 bits per heavy atom. The maximum Gasteiger partial charge on any atom is 0.236 e. The molecule has 1 saturated heterocycles. The Bertz CT molecular complexity index is 939. The fourth-order valence-electron chi connectivity index (χ4n) is 2.77. The number of carbonyl (C=O) groups is 1. The molecule has 0 saturated carbocycles. The highest BCUT2D eigenvalue weighted by Crippen LogP contribution is 2.25. The molecule has 1 aromatic carbocycles. The van der Waals surface area contributed by atoms with Gasteiger partial charge in [-0.2, -0.15) is 0 Å². The van der Waals surface area contributed by atoms with E-state index >= 15 is 0 Å². The van der Waals surface area contributed by atoms with Gasteiger partial charge in [-0.3, -0.25) is 4.79 Å². The fraction of sp³-hybridized carbons (Fsp3) is 0.353. The van der Waals surface area contributed by atoms with Gasteiger partial charge in [-0.25, -0.2) is 14.1 Å². The van der Waals surface area contributed by atoms with Crippen LogP contribution in [0.3, 0.4) is 0 Å². The van der Waals surface area contributed by atoms with Crippen LogP contribution in [0.2, 0.25) is 0 Å². The van der Waals surface area contributed by atoms with Gasteiger partial charge in [-0.05, 0) is 47.5 Å². The number of anilines is 1. The van der Waals surface area contributed by atoms with Crippen LogP contribution < -0.4 is 5.32 Å². The minimum absolute atomic E-state index is 0.122. The maximum absolute atomic E-state index is 13.0. The molecule has 0 aliphatic carbocycles. The molecule has 0 bridgehead atoms. The molecule has 1 fully saturated rings. The molecule has 28 heavy (non-hydrogen) atoms. The van der Waals surface area contributed by atoms with Crippen molar-refractivity contribution in [2.24, 2.45) is 0 Å². The van der Waals surface area contributed by atoms with E-state index in [1.807, 2.05) is 5.38 Å². The molecule has 4 rings (SSSR count). The second-order valence-electron chi connectivity index (χ2n) is 6.16. The van der Waals surface area contributed by atoms with Crippen molar-refractivity contribution in [2.45, 2.75) is 30.6 Å². The first-order chi connectivity index (χ1) is 13.7. The number of thioether (sulfide) groups is 1. The van der Waals surface area contributed by atoms with Crippen molar-refractivity contribution in [2.75, 3.05) is 17.7 Å². The number of nitrogens with zero attached hydrogens (tertiary/aromatic N) is 5. The van der Waals surface area contributed by atoms with Crippen molar-refractivity contribution < 1.29 is 13.9 Å². The molecular weight excluding hydrogens is 403 g/mol. The quantitative estimate of drug-likeness (QED) is 0.587. The average Bonchev–Trinajstić information content (AvgIpc) is 3.44. The summed E-state index contributed by atoms with van der Waals surface area (Å²) in [4.78, 5) is 16.6. The van der Waals surface area contributed by atoms with E-state index in [1.54, 1.807) is 16.8 Å². The summed E-state index contributed by atoms with van der Waals surface area (Å²) in [7, 11) is 0. The molecule has 8 nitrogen and oxygen atoms in total. The van der Waals surface area contributed by atoms with E-state index in [-0.39, 0.29) is 23.6 Å². The zero-order valence-corrected chi connectivity index (χ0v) is 16.4. The first-order valence-corrected chi connectivity index (χ1v) is 10.6. The van der Waals surface area contributed by atoms with Crippen molar-refractivity contribution in [1.82, 2.24) is 25.2 Å². The molecule has 1 N–H and O–H groups in total. The second kappa shape index (κ2) is 8.76. The van der Waals surface area contributed by atoms with Gasteiger partial charge >= 0.3 is 0 Å².